The molecule has 0 aliphatic heterocycles. The third-order valence-corrected chi connectivity index (χ3v) is 3.38. The van der Waals surface area contributed by atoms with E-state index < -0.39 is 0 Å². The van der Waals surface area contributed by atoms with Crippen LogP contribution in [0, 0.1) is 0 Å². The highest BCUT2D eigenvalue weighted by Gasteiger charge is 2.31. The normalized spacial score (nSPS) is 26.7. The van der Waals surface area contributed by atoms with Crippen LogP contribution in [0.4, 0.5) is 0 Å². The molecular formula is C12H24N2O. The lowest BCUT2D eigenvalue weighted by Gasteiger charge is -2.41. The molecule has 1 fully saturated rings. The molecular weight excluding hydrogens is 188 g/mol. The predicted octanol–water partition coefficient (Wildman–Crippen LogP) is 1.77. The van der Waals surface area contributed by atoms with Crippen molar-refractivity contribution in [1.82, 2.24) is 10.2 Å². The monoisotopic (exact) mass is 212 g/mol. The molecule has 1 aliphatic carbocycles. The highest BCUT2D eigenvalue weighted by atomic mass is 16.2. The number of hydrogen-bond donors (Lipinski definition) is 1. The average molecular weight is 212 g/mol. The summed E-state index contributed by atoms with van der Waals surface area (Å²) in [6.07, 6.45) is 4.87. The molecule has 1 rings (SSSR count). The Morgan fingerprint density at radius 2 is 1.93 bits per heavy atom. The number of hydrogen-bond acceptors (Lipinski definition) is 2. The lowest BCUT2D eigenvalue weighted by atomic mass is 9.88. The molecule has 0 spiro atoms. The first-order chi connectivity index (χ1) is 7.07. The van der Waals surface area contributed by atoms with E-state index in [0.29, 0.717) is 18.1 Å². The Labute approximate surface area is 93.2 Å². The number of carbonyl (C=O) groups is 1. The van der Waals surface area contributed by atoms with Crippen molar-refractivity contribution in [2.45, 2.75) is 64.6 Å². The van der Waals surface area contributed by atoms with Crippen LogP contribution in [0.5, 0.6) is 0 Å². The molecule has 1 aliphatic rings. The van der Waals surface area contributed by atoms with Gasteiger partial charge in [-0.25, -0.2) is 0 Å². The molecule has 0 unspecified atom stereocenters. The second-order valence-electron chi connectivity index (χ2n) is 4.77. The van der Waals surface area contributed by atoms with Gasteiger partial charge in [0.15, 0.2) is 0 Å². The van der Waals surface area contributed by atoms with E-state index in [-0.39, 0.29) is 5.91 Å². The van der Waals surface area contributed by atoms with Gasteiger partial charge in [0.05, 0.1) is 0 Å². The second kappa shape index (κ2) is 5.50. The highest BCUT2D eigenvalue weighted by molar-refractivity contribution is 5.74. The van der Waals surface area contributed by atoms with Crippen molar-refractivity contribution in [3.63, 3.8) is 0 Å². The molecule has 0 heterocycles. The quantitative estimate of drug-likeness (QED) is 0.773. The molecule has 15 heavy (non-hydrogen) atoms. The summed E-state index contributed by atoms with van der Waals surface area (Å²) in [5.41, 5.74) is 0. The van der Waals surface area contributed by atoms with Crippen molar-refractivity contribution in [2.75, 3.05) is 7.05 Å². The zero-order valence-corrected chi connectivity index (χ0v) is 10.4. The van der Waals surface area contributed by atoms with Gasteiger partial charge >= 0.3 is 0 Å². The Morgan fingerprint density at radius 1 is 1.33 bits per heavy atom. The van der Waals surface area contributed by atoms with Crippen LogP contribution in [0.1, 0.15) is 46.5 Å². The number of rotatable bonds is 3. The molecule has 0 radical (unpaired) electrons. The van der Waals surface area contributed by atoms with Crippen molar-refractivity contribution in [2.24, 2.45) is 0 Å². The molecule has 0 saturated heterocycles. The largest absolute Gasteiger partial charge is 0.336 e. The zero-order valence-electron chi connectivity index (χ0n) is 10.4. The van der Waals surface area contributed by atoms with Crippen molar-refractivity contribution in [1.29, 1.82) is 0 Å². The van der Waals surface area contributed by atoms with Crippen molar-refractivity contribution < 1.29 is 4.79 Å². The zero-order chi connectivity index (χ0) is 11.4. The van der Waals surface area contributed by atoms with Gasteiger partial charge in [-0.2, -0.15) is 0 Å². The van der Waals surface area contributed by atoms with E-state index in [0.717, 1.165) is 6.42 Å². The van der Waals surface area contributed by atoms with E-state index >= 15 is 0 Å². The fraction of sp³-hybridized carbons (Fsp3) is 0.917. The van der Waals surface area contributed by atoms with Gasteiger partial charge in [-0.15, -0.1) is 0 Å². The molecule has 0 aromatic heterocycles. The fourth-order valence-electron chi connectivity index (χ4n) is 2.76. The fourth-order valence-corrected chi connectivity index (χ4v) is 2.76. The lowest BCUT2D eigenvalue weighted by Crippen LogP contribution is -2.54. The topological polar surface area (TPSA) is 32.3 Å². The maximum atomic E-state index is 11.6. The van der Waals surface area contributed by atoms with Crippen LogP contribution >= 0.6 is 0 Å². The SMILES string of the molecule is CN[C@H]1CCCC[C@@H]1N(C(C)=O)C(C)C. The van der Waals surface area contributed by atoms with Crippen molar-refractivity contribution >= 4 is 5.91 Å². The first-order valence-electron chi connectivity index (χ1n) is 6.04. The van der Waals surface area contributed by atoms with Crippen LogP contribution in [-0.2, 0) is 4.79 Å². The standard InChI is InChI=1S/C12H24N2O/c1-9(2)14(10(3)15)12-8-6-5-7-11(12)13-4/h9,11-13H,5-8H2,1-4H3/t11-,12-/m0/s1. The van der Waals surface area contributed by atoms with Crippen molar-refractivity contribution in [3.8, 4) is 0 Å². The van der Waals surface area contributed by atoms with Crippen LogP contribution in [-0.4, -0.2) is 36.0 Å². The minimum Gasteiger partial charge on any atom is -0.336 e. The van der Waals surface area contributed by atoms with Crippen LogP contribution in [0.25, 0.3) is 0 Å². The van der Waals surface area contributed by atoms with Crippen molar-refractivity contribution in [3.05, 3.63) is 0 Å². The minimum absolute atomic E-state index is 0.206. The lowest BCUT2D eigenvalue weighted by molar-refractivity contribution is -0.134. The first kappa shape index (κ1) is 12.5. The van der Waals surface area contributed by atoms with E-state index in [1.54, 1.807) is 6.92 Å². The third-order valence-electron chi connectivity index (χ3n) is 3.38. The minimum atomic E-state index is 0.206. The number of likely N-dealkylation sites (N-methyl/N-ethyl adjacent to an activating group) is 1. The van der Waals surface area contributed by atoms with Gasteiger partial charge in [-0.05, 0) is 33.7 Å². The molecule has 88 valence electrons. The molecule has 0 aromatic rings. The second-order valence-corrected chi connectivity index (χ2v) is 4.77. The summed E-state index contributed by atoms with van der Waals surface area (Å²) in [6, 6.07) is 1.17. The highest BCUT2D eigenvalue weighted by Crippen LogP contribution is 2.24. The molecule has 3 heteroatoms. The van der Waals surface area contributed by atoms with Gasteiger partial charge in [0.1, 0.15) is 0 Å². The first-order valence-corrected chi connectivity index (χ1v) is 6.04. The Bertz CT molecular complexity index is 216. The van der Waals surface area contributed by atoms with Gasteiger partial charge in [0.25, 0.3) is 0 Å². The average Bonchev–Trinajstić information content (AvgIpc) is 2.17. The number of nitrogens with zero attached hydrogens (tertiary/aromatic N) is 1. The molecule has 3 nitrogen and oxygen atoms in total. The Hall–Kier alpha value is -0.570. The Morgan fingerprint density at radius 3 is 2.40 bits per heavy atom. The van der Waals surface area contributed by atoms with Gasteiger partial charge in [0, 0.05) is 25.0 Å². The number of nitrogens with one attached hydrogen (secondary N) is 1. The Balaban J connectivity index is 2.75. The predicted molar refractivity (Wildman–Crippen MR) is 62.8 cm³/mol. The summed E-state index contributed by atoms with van der Waals surface area (Å²) in [5.74, 6) is 0.206. The molecule has 0 bridgehead atoms. The molecule has 2 atom stereocenters. The van der Waals surface area contributed by atoms with Gasteiger partial charge in [0.2, 0.25) is 5.91 Å². The van der Waals surface area contributed by atoms with Gasteiger partial charge < -0.3 is 10.2 Å². The molecule has 0 aromatic carbocycles. The number of carbonyl (C=O) groups excluding carboxylic acids is 1. The summed E-state index contributed by atoms with van der Waals surface area (Å²) < 4.78 is 0. The van der Waals surface area contributed by atoms with E-state index in [1.807, 2.05) is 11.9 Å². The summed E-state index contributed by atoms with van der Waals surface area (Å²) in [7, 11) is 2.00. The smallest absolute Gasteiger partial charge is 0.219 e. The van der Waals surface area contributed by atoms with Gasteiger partial charge in [-0.1, -0.05) is 12.8 Å². The summed E-state index contributed by atoms with van der Waals surface area (Å²) in [6.45, 7) is 5.88. The van der Waals surface area contributed by atoms with E-state index in [1.165, 1.54) is 19.3 Å². The molecule has 1 amide bonds. The van der Waals surface area contributed by atoms with E-state index in [9.17, 15) is 4.79 Å². The van der Waals surface area contributed by atoms with Crippen LogP contribution in [0.3, 0.4) is 0 Å². The summed E-state index contributed by atoms with van der Waals surface area (Å²) in [5, 5.41) is 3.35. The third kappa shape index (κ3) is 2.94. The molecule has 1 N–H and O–H groups in total. The maximum Gasteiger partial charge on any atom is 0.219 e. The van der Waals surface area contributed by atoms with Crippen LogP contribution in [0.15, 0.2) is 0 Å². The Kier molecular flexibility index (Phi) is 4.58. The van der Waals surface area contributed by atoms with E-state index in [2.05, 4.69) is 19.2 Å². The van der Waals surface area contributed by atoms with Gasteiger partial charge in [-0.3, -0.25) is 4.79 Å². The number of amides is 1. The van der Waals surface area contributed by atoms with Crippen LogP contribution in [0.2, 0.25) is 0 Å². The summed E-state index contributed by atoms with van der Waals surface area (Å²) >= 11 is 0. The molecule has 1 saturated carbocycles. The van der Waals surface area contributed by atoms with E-state index in [4.69, 9.17) is 0 Å². The summed E-state index contributed by atoms with van der Waals surface area (Å²) in [4.78, 5) is 13.7. The maximum absolute atomic E-state index is 11.6. The van der Waals surface area contributed by atoms with Crippen LogP contribution < -0.4 is 5.32 Å².